The van der Waals surface area contributed by atoms with E-state index in [9.17, 15) is 14.4 Å². The molecule has 3 amide bonds. The van der Waals surface area contributed by atoms with Crippen molar-refractivity contribution in [2.45, 2.75) is 24.8 Å². The summed E-state index contributed by atoms with van der Waals surface area (Å²) in [4.78, 5) is 38.4. The zero-order chi connectivity index (χ0) is 21.0. The summed E-state index contributed by atoms with van der Waals surface area (Å²) in [6, 6.07) is 10.7. The fraction of sp³-hybridized carbons (Fsp3) is 0.409. The fourth-order valence-electron chi connectivity index (χ4n) is 4.12. The largest absolute Gasteiger partial charge is 0.381 e. The normalized spacial score (nSPS) is 18.5. The van der Waals surface area contributed by atoms with Gasteiger partial charge in [0, 0.05) is 49.9 Å². The minimum atomic E-state index is -0.281. The Morgan fingerprint density at radius 2 is 1.80 bits per heavy atom. The molecule has 2 aromatic rings. The van der Waals surface area contributed by atoms with Crippen LogP contribution in [0.2, 0.25) is 0 Å². The van der Waals surface area contributed by atoms with Crippen LogP contribution in [-0.2, 0) is 19.9 Å². The lowest BCUT2D eigenvalue weighted by Gasteiger charge is -2.38. The summed E-state index contributed by atoms with van der Waals surface area (Å²) in [5.41, 5.74) is 0.856. The molecule has 2 saturated heterocycles. The van der Waals surface area contributed by atoms with Gasteiger partial charge in [-0.05, 0) is 49.2 Å². The first-order valence-electron chi connectivity index (χ1n) is 10.2. The molecule has 0 spiro atoms. The van der Waals surface area contributed by atoms with Crippen LogP contribution in [-0.4, -0.2) is 60.0 Å². The Labute approximate surface area is 175 Å². The van der Waals surface area contributed by atoms with E-state index in [-0.39, 0.29) is 29.8 Å². The second-order valence-electron chi connectivity index (χ2n) is 7.81. The van der Waals surface area contributed by atoms with Gasteiger partial charge in [-0.2, -0.15) is 0 Å². The fourth-order valence-corrected chi connectivity index (χ4v) is 4.12. The van der Waals surface area contributed by atoms with Gasteiger partial charge in [0.1, 0.15) is 0 Å². The van der Waals surface area contributed by atoms with Crippen LogP contribution in [0.4, 0.5) is 5.69 Å². The number of benzene rings is 1. The summed E-state index contributed by atoms with van der Waals surface area (Å²) < 4.78 is 7.63. The number of nitrogens with one attached hydrogen (secondary N) is 2. The SMILES string of the molecule is O=C1CN(C(=O)c2ccc(NC(=O)CC3(n4cccc4)CCOCC3)cc2)CCN1. The number of anilines is 1. The minimum Gasteiger partial charge on any atom is -0.381 e. The molecule has 0 atom stereocenters. The number of amides is 3. The Kier molecular flexibility index (Phi) is 5.85. The van der Waals surface area contributed by atoms with Crippen LogP contribution >= 0.6 is 0 Å². The van der Waals surface area contributed by atoms with Crippen molar-refractivity contribution < 1.29 is 19.1 Å². The molecule has 158 valence electrons. The molecule has 0 unspecified atom stereocenters. The van der Waals surface area contributed by atoms with Gasteiger partial charge in [0.2, 0.25) is 11.8 Å². The van der Waals surface area contributed by atoms with E-state index in [4.69, 9.17) is 4.74 Å². The third kappa shape index (κ3) is 4.38. The first kappa shape index (κ1) is 20.2. The van der Waals surface area contributed by atoms with Crippen molar-refractivity contribution in [2.24, 2.45) is 0 Å². The van der Waals surface area contributed by atoms with E-state index in [0.717, 1.165) is 12.8 Å². The first-order chi connectivity index (χ1) is 14.6. The second-order valence-corrected chi connectivity index (χ2v) is 7.81. The van der Waals surface area contributed by atoms with Crippen LogP contribution in [0.3, 0.4) is 0 Å². The Morgan fingerprint density at radius 1 is 1.10 bits per heavy atom. The van der Waals surface area contributed by atoms with Gasteiger partial charge in [-0.1, -0.05) is 0 Å². The molecule has 2 N–H and O–H groups in total. The van der Waals surface area contributed by atoms with E-state index in [2.05, 4.69) is 15.2 Å². The van der Waals surface area contributed by atoms with Crippen molar-refractivity contribution in [3.63, 3.8) is 0 Å². The Morgan fingerprint density at radius 3 is 2.47 bits per heavy atom. The van der Waals surface area contributed by atoms with Crippen molar-refractivity contribution in [3.8, 4) is 0 Å². The number of carbonyl (C=O) groups is 3. The molecular weight excluding hydrogens is 384 g/mol. The van der Waals surface area contributed by atoms with Gasteiger partial charge in [0.05, 0.1) is 18.5 Å². The van der Waals surface area contributed by atoms with Crippen molar-refractivity contribution in [1.29, 1.82) is 0 Å². The van der Waals surface area contributed by atoms with Crippen LogP contribution < -0.4 is 10.6 Å². The van der Waals surface area contributed by atoms with E-state index >= 15 is 0 Å². The van der Waals surface area contributed by atoms with Crippen LogP contribution in [0.15, 0.2) is 48.8 Å². The van der Waals surface area contributed by atoms with Gasteiger partial charge >= 0.3 is 0 Å². The molecule has 0 radical (unpaired) electrons. The summed E-state index contributed by atoms with van der Waals surface area (Å²) in [6.45, 7) is 2.30. The average molecular weight is 410 g/mol. The standard InChI is InChI=1S/C22H26N4O4/c27-19(15-22(7-13-30-14-8-22)26-10-1-2-11-26)24-18-5-3-17(4-6-18)21(29)25-12-9-23-20(28)16-25/h1-6,10-11H,7-9,12-16H2,(H,23,28)(H,24,27). The lowest BCUT2D eigenvalue weighted by Crippen LogP contribution is -2.49. The van der Waals surface area contributed by atoms with Crippen molar-refractivity contribution in [3.05, 3.63) is 54.4 Å². The summed E-state index contributed by atoms with van der Waals surface area (Å²) >= 11 is 0. The predicted octanol–water partition coefficient (Wildman–Crippen LogP) is 1.59. The maximum atomic E-state index is 12.8. The van der Waals surface area contributed by atoms with E-state index in [0.29, 0.717) is 44.0 Å². The van der Waals surface area contributed by atoms with Gasteiger partial charge < -0.3 is 24.8 Å². The zero-order valence-electron chi connectivity index (χ0n) is 16.8. The number of hydrogen-bond acceptors (Lipinski definition) is 4. The van der Waals surface area contributed by atoms with Gasteiger partial charge in [-0.15, -0.1) is 0 Å². The van der Waals surface area contributed by atoms with E-state index < -0.39 is 0 Å². The monoisotopic (exact) mass is 410 g/mol. The summed E-state index contributed by atoms with van der Waals surface area (Å²) in [5.74, 6) is -0.405. The highest BCUT2D eigenvalue weighted by atomic mass is 16.5. The van der Waals surface area contributed by atoms with Gasteiger partial charge in [0.15, 0.2) is 0 Å². The van der Waals surface area contributed by atoms with Crippen molar-refractivity contribution in [2.75, 3.05) is 38.2 Å². The van der Waals surface area contributed by atoms with Gasteiger partial charge in [0.25, 0.3) is 5.91 Å². The van der Waals surface area contributed by atoms with Gasteiger partial charge in [-0.3, -0.25) is 14.4 Å². The smallest absolute Gasteiger partial charge is 0.254 e. The molecule has 8 nitrogen and oxygen atoms in total. The highest BCUT2D eigenvalue weighted by Gasteiger charge is 2.36. The highest BCUT2D eigenvalue weighted by Crippen LogP contribution is 2.33. The lowest BCUT2D eigenvalue weighted by molar-refractivity contribution is -0.123. The minimum absolute atomic E-state index is 0.0719. The van der Waals surface area contributed by atoms with Crippen molar-refractivity contribution in [1.82, 2.24) is 14.8 Å². The highest BCUT2D eigenvalue weighted by molar-refractivity contribution is 5.98. The van der Waals surface area contributed by atoms with E-state index in [1.54, 1.807) is 24.3 Å². The van der Waals surface area contributed by atoms with Crippen LogP contribution in [0.5, 0.6) is 0 Å². The number of piperazine rings is 1. The number of aromatic nitrogens is 1. The number of rotatable bonds is 5. The van der Waals surface area contributed by atoms with E-state index in [1.807, 2.05) is 24.5 Å². The van der Waals surface area contributed by atoms with E-state index in [1.165, 1.54) is 4.90 Å². The Bertz CT molecular complexity index is 902. The molecule has 0 saturated carbocycles. The molecule has 3 heterocycles. The summed E-state index contributed by atoms with van der Waals surface area (Å²) in [5, 5.41) is 5.65. The molecule has 4 rings (SSSR count). The summed E-state index contributed by atoms with van der Waals surface area (Å²) in [6.07, 6.45) is 5.92. The number of hydrogen-bond donors (Lipinski definition) is 2. The maximum absolute atomic E-state index is 12.8. The molecule has 30 heavy (non-hydrogen) atoms. The molecule has 0 aliphatic carbocycles. The summed E-state index contributed by atoms with van der Waals surface area (Å²) in [7, 11) is 0. The first-order valence-corrected chi connectivity index (χ1v) is 10.2. The zero-order valence-corrected chi connectivity index (χ0v) is 16.8. The van der Waals surface area contributed by atoms with Crippen LogP contribution in [0, 0.1) is 0 Å². The molecule has 1 aromatic heterocycles. The molecule has 8 heteroatoms. The Balaban J connectivity index is 1.39. The maximum Gasteiger partial charge on any atom is 0.254 e. The molecule has 2 fully saturated rings. The quantitative estimate of drug-likeness (QED) is 0.783. The van der Waals surface area contributed by atoms with Crippen molar-refractivity contribution >= 4 is 23.4 Å². The predicted molar refractivity (Wildman–Crippen MR) is 111 cm³/mol. The molecule has 2 aliphatic heterocycles. The van der Waals surface area contributed by atoms with Crippen LogP contribution in [0.1, 0.15) is 29.6 Å². The third-order valence-electron chi connectivity index (χ3n) is 5.81. The third-order valence-corrected chi connectivity index (χ3v) is 5.81. The molecule has 0 bridgehead atoms. The number of nitrogens with zero attached hydrogens (tertiary/aromatic N) is 2. The number of carbonyl (C=O) groups excluding carboxylic acids is 3. The topological polar surface area (TPSA) is 92.7 Å². The molecular formula is C22H26N4O4. The molecule has 1 aromatic carbocycles. The molecule has 2 aliphatic rings. The van der Waals surface area contributed by atoms with Crippen LogP contribution in [0.25, 0.3) is 0 Å². The van der Waals surface area contributed by atoms with Gasteiger partial charge in [-0.25, -0.2) is 0 Å². The average Bonchev–Trinajstić information content (AvgIpc) is 3.30. The Hall–Kier alpha value is -3.13. The second kappa shape index (κ2) is 8.71. The lowest BCUT2D eigenvalue weighted by atomic mass is 9.86. The number of ether oxygens (including phenoxy) is 1.